The summed E-state index contributed by atoms with van der Waals surface area (Å²) in [6, 6.07) is 7.63. The zero-order valence-electron chi connectivity index (χ0n) is 7.81. The van der Waals surface area contributed by atoms with Gasteiger partial charge in [-0.15, -0.1) is 0 Å². The van der Waals surface area contributed by atoms with Crippen LogP contribution in [0.4, 0.5) is 0 Å². The van der Waals surface area contributed by atoms with Crippen LogP contribution >= 0.6 is 0 Å². The van der Waals surface area contributed by atoms with E-state index < -0.39 is 12.1 Å². The third-order valence-corrected chi connectivity index (χ3v) is 2.66. The molecule has 0 bridgehead atoms. The molecule has 1 atom stereocenters. The van der Waals surface area contributed by atoms with Crippen LogP contribution in [-0.2, 0) is 9.53 Å². The second kappa shape index (κ2) is 2.73. The van der Waals surface area contributed by atoms with Gasteiger partial charge in [0.05, 0.1) is 6.08 Å². The van der Waals surface area contributed by atoms with E-state index in [9.17, 15) is 9.90 Å². The molecular weight excluding hydrogens is 192 g/mol. The van der Waals surface area contributed by atoms with Gasteiger partial charge in [0.25, 0.3) is 0 Å². The number of ether oxygens (including phenoxy) is 1. The Labute approximate surface area is 86.3 Å². The lowest BCUT2D eigenvalue weighted by Gasteiger charge is -2.20. The number of aliphatic hydroxyl groups excluding tert-OH is 1. The first-order chi connectivity index (χ1) is 7.25. The Morgan fingerprint density at radius 3 is 2.87 bits per heavy atom. The predicted molar refractivity (Wildman–Crippen MR) is 54.0 cm³/mol. The fourth-order valence-electron chi connectivity index (χ4n) is 1.97. The predicted octanol–water partition coefficient (Wildman–Crippen LogP) is 2.12. The van der Waals surface area contributed by atoms with E-state index in [1.807, 2.05) is 30.3 Å². The lowest BCUT2D eigenvalue weighted by Crippen LogP contribution is -2.16. The van der Waals surface area contributed by atoms with Crippen molar-refractivity contribution in [3.8, 4) is 0 Å². The smallest absolute Gasteiger partial charge is 0.335 e. The summed E-state index contributed by atoms with van der Waals surface area (Å²) in [7, 11) is 0. The first-order valence-corrected chi connectivity index (χ1v) is 4.68. The highest BCUT2D eigenvalue weighted by Crippen LogP contribution is 2.41. The third kappa shape index (κ3) is 1.09. The number of esters is 1. The molecule has 0 radical (unpaired) electrons. The van der Waals surface area contributed by atoms with Crippen molar-refractivity contribution in [3.05, 3.63) is 52.8 Å². The molecule has 2 aliphatic rings. The molecule has 0 saturated carbocycles. The summed E-state index contributed by atoms with van der Waals surface area (Å²) < 4.78 is 5.16. The molecule has 0 amide bonds. The summed E-state index contributed by atoms with van der Waals surface area (Å²) in [4.78, 5) is 11.1. The van der Waals surface area contributed by atoms with Gasteiger partial charge in [-0.1, -0.05) is 24.3 Å². The van der Waals surface area contributed by atoms with Gasteiger partial charge in [0, 0.05) is 11.1 Å². The molecule has 15 heavy (non-hydrogen) atoms. The highest BCUT2D eigenvalue weighted by Gasteiger charge is 2.33. The SMILES string of the molecule is O=C1C=C(O)C2=Cc3ccccc3C2O1. The Kier molecular flexibility index (Phi) is 1.51. The van der Waals surface area contributed by atoms with Gasteiger partial charge in [-0.05, 0) is 11.6 Å². The van der Waals surface area contributed by atoms with Crippen molar-refractivity contribution < 1.29 is 14.6 Å². The number of hydrogen-bond donors (Lipinski definition) is 1. The molecule has 1 heterocycles. The summed E-state index contributed by atoms with van der Waals surface area (Å²) in [5, 5.41) is 9.61. The van der Waals surface area contributed by atoms with E-state index >= 15 is 0 Å². The molecule has 0 aromatic heterocycles. The molecule has 0 spiro atoms. The highest BCUT2D eigenvalue weighted by atomic mass is 16.5. The van der Waals surface area contributed by atoms with Crippen molar-refractivity contribution in [2.75, 3.05) is 0 Å². The maximum absolute atomic E-state index is 11.1. The number of aliphatic hydroxyl groups is 1. The van der Waals surface area contributed by atoms with E-state index in [1.54, 1.807) is 0 Å². The molecule has 0 fully saturated rings. The van der Waals surface area contributed by atoms with Crippen molar-refractivity contribution in [2.45, 2.75) is 6.10 Å². The average Bonchev–Trinajstić information content (AvgIpc) is 2.57. The normalized spacial score (nSPS) is 22.4. The number of carbonyl (C=O) groups is 1. The van der Waals surface area contributed by atoms with Crippen molar-refractivity contribution in [2.24, 2.45) is 0 Å². The van der Waals surface area contributed by atoms with E-state index in [0.29, 0.717) is 5.57 Å². The summed E-state index contributed by atoms with van der Waals surface area (Å²) in [5.41, 5.74) is 2.59. The molecule has 74 valence electrons. The van der Waals surface area contributed by atoms with Crippen LogP contribution in [0.25, 0.3) is 6.08 Å². The van der Waals surface area contributed by atoms with Crippen LogP contribution in [0.5, 0.6) is 0 Å². The van der Waals surface area contributed by atoms with Crippen molar-refractivity contribution >= 4 is 12.0 Å². The molecule has 1 aliphatic carbocycles. The fraction of sp³-hybridized carbons (Fsp3) is 0.0833. The van der Waals surface area contributed by atoms with Crippen molar-refractivity contribution in [1.82, 2.24) is 0 Å². The summed E-state index contributed by atoms with van der Waals surface area (Å²) in [5.74, 6) is -0.487. The fourth-order valence-corrected chi connectivity index (χ4v) is 1.97. The maximum Gasteiger partial charge on any atom is 0.335 e. The molecular formula is C12H8O3. The third-order valence-electron chi connectivity index (χ3n) is 2.66. The standard InChI is InChI=1S/C12H8O3/c13-10-6-11(14)15-12-8-4-2-1-3-7(8)5-9(10)12/h1-6,12-13H. The van der Waals surface area contributed by atoms with Crippen molar-refractivity contribution in [3.63, 3.8) is 0 Å². The van der Waals surface area contributed by atoms with Crippen LogP contribution in [0.1, 0.15) is 17.2 Å². The van der Waals surface area contributed by atoms with E-state index in [1.165, 1.54) is 0 Å². The number of fused-ring (bicyclic) bond motifs is 3. The van der Waals surface area contributed by atoms with Gasteiger partial charge in [0.15, 0.2) is 6.10 Å². The van der Waals surface area contributed by atoms with Crippen LogP contribution in [0.2, 0.25) is 0 Å². The largest absolute Gasteiger partial charge is 0.507 e. The average molecular weight is 200 g/mol. The van der Waals surface area contributed by atoms with E-state index in [2.05, 4.69) is 0 Å². The molecule has 1 aromatic carbocycles. The minimum atomic E-state index is -0.494. The highest BCUT2D eigenvalue weighted by molar-refractivity contribution is 5.88. The number of benzene rings is 1. The number of carbonyl (C=O) groups excluding carboxylic acids is 1. The summed E-state index contributed by atoms with van der Waals surface area (Å²) in [6.45, 7) is 0. The quantitative estimate of drug-likeness (QED) is 0.652. The van der Waals surface area contributed by atoms with Crippen LogP contribution in [0.15, 0.2) is 41.7 Å². The van der Waals surface area contributed by atoms with Crippen LogP contribution in [-0.4, -0.2) is 11.1 Å². The van der Waals surface area contributed by atoms with E-state index in [4.69, 9.17) is 4.74 Å². The molecule has 1 unspecified atom stereocenters. The summed E-state index contributed by atoms with van der Waals surface area (Å²) in [6.07, 6.45) is 2.52. The zero-order valence-corrected chi connectivity index (χ0v) is 7.81. The number of hydrogen-bond acceptors (Lipinski definition) is 3. The monoisotopic (exact) mass is 200 g/mol. The molecule has 3 nitrogen and oxygen atoms in total. The molecule has 1 aromatic rings. The minimum absolute atomic E-state index is 0.00690. The van der Waals surface area contributed by atoms with Crippen LogP contribution in [0, 0.1) is 0 Å². The Bertz CT molecular complexity index is 511. The van der Waals surface area contributed by atoms with Gasteiger partial charge < -0.3 is 9.84 Å². The second-order valence-corrected chi connectivity index (χ2v) is 3.58. The Hall–Kier alpha value is -2.03. The maximum atomic E-state index is 11.1. The molecule has 1 aliphatic heterocycles. The molecule has 3 heteroatoms. The number of rotatable bonds is 0. The molecule has 1 N–H and O–H groups in total. The second-order valence-electron chi connectivity index (χ2n) is 3.58. The lowest BCUT2D eigenvalue weighted by atomic mass is 10.0. The zero-order chi connectivity index (χ0) is 10.4. The summed E-state index contributed by atoms with van der Waals surface area (Å²) >= 11 is 0. The van der Waals surface area contributed by atoms with Crippen LogP contribution in [0.3, 0.4) is 0 Å². The Balaban J connectivity index is 2.17. The van der Waals surface area contributed by atoms with Crippen molar-refractivity contribution in [1.29, 1.82) is 0 Å². The van der Waals surface area contributed by atoms with Crippen LogP contribution < -0.4 is 0 Å². The first-order valence-electron chi connectivity index (χ1n) is 4.68. The topological polar surface area (TPSA) is 46.5 Å². The van der Waals surface area contributed by atoms with Gasteiger partial charge in [-0.25, -0.2) is 4.79 Å². The first kappa shape index (κ1) is 8.29. The van der Waals surface area contributed by atoms with Gasteiger partial charge in [0.1, 0.15) is 5.76 Å². The van der Waals surface area contributed by atoms with Gasteiger partial charge in [0.2, 0.25) is 0 Å². The molecule has 3 rings (SSSR count). The molecule has 0 saturated heterocycles. The minimum Gasteiger partial charge on any atom is -0.507 e. The van der Waals surface area contributed by atoms with Gasteiger partial charge in [-0.3, -0.25) is 0 Å². The van der Waals surface area contributed by atoms with Gasteiger partial charge >= 0.3 is 5.97 Å². The van der Waals surface area contributed by atoms with E-state index in [0.717, 1.165) is 17.2 Å². The Morgan fingerprint density at radius 1 is 1.20 bits per heavy atom. The lowest BCUT2D eigenvalue weighted by molar-refractivity contribution is -0.142. The van der Waals surface area contributed by atoms with Gasteiger partial charge in [-0.2, -0.15) is 0 Å². The Morgan fingerprint density at radius 2 is 2.00 bits per heavy atom. The van der Waals surface area contributed by atoms with E-state index in [-0.39, 0.29) is 5.76 Å².